The first kappa shape index (κ1) is 16.9. The Morgan fingerprint density at radius 3 is 2.80 bits per heavy atom. The van der Waals surface area contributed by atoms with Crippen molar-refractivity contribution >= 4 is 11.9 Å². The zero-order chi connectivity index (χ0) is 15.0. The maximum absolute atomic E-state index is 12.0. The Balaban J connectivity index is 2.34. The summed E-state index contributed by atoms with van der Waals surface area (Å²) >= 11 is 0. The molecule has 1 fully saturated rings. The third-order valence-electron chi connectivity index (χ3n) is 3.41. The predicted molar refractivity (Wildman–Crippen MR) is 75.6 cm³/mol. The van der Waals surface area contributed by atoms with Gasteiger partial charge in [-0.2, -0.15) is 0 Å². The smallest absolute Gasteiger partial charge is 0.317 e. The molecule has 1 saturated heterocycles. The van der Waals surface area contributed by atoms with Gasteiger partial charge in [0.2, 0.25) is 5.91 Å². The van der Waals surface area contributed by atoms with Gasteiger partial charge in [-0.15, -0.1) is 0 Å². The Labute approximate surface area is 120 Å². The quantitative estimate of drug-likeness (QED) is 0.669. The summed E-state index contributed by atoms with van der Waals surface area (Å²) in [5.41, 5.74) is 0. The first-order valence-electron chi connectivity index (χ1n) is 7.32. The zero-order valence-electron chi connectivity index (χ0n) is 12.5. The molecule has 0 aromatic carbocycles. The Kier molecular flexibility index (Phi) is 7.54. The van der Waals surface area contributed by atoms with Crippen LogP contribution in [0.15, 0.2) is 0 Å². The van der Waals surface area contributed by atoms with Crippen molar-refractivity contribution in [1.82, 2.24) is 9.80 Å². The molecule has 0 bridgehead atoms. The van der Waals surface area contributed by atoms with Crippen molar-refractivity contribution in [3.63, 3.8) is 0 Å². The molecule has 1 N–H and O–H groups in total. The van der Waals surface area contributed by atoms with Gasteiger partial charge in [0.25, 0.3) is 0 Å². The molecule has 0 aromatic rings. The van der Waals surface area contributed by atoms with Gasteiger partial charge >= 0.3 is 5.97 Å². The van der Waals surface area contributed by atoms with E-state index in [9.17, 15) is 9.59 Å². The molecule has 6 nitrogen and oxygen atoms in total. The second-order valence-electron chi connectivity index (χ2n) is 5.38. The molecule has 1 amide bonds. The van der Waals surface area contributed by atoms with Crippen LogP contribution in [0.3, 0.4) is 0 Å². The summed E-state index contributed by atoms with van der Waals surface area (Å²) in [5, 5.41) is 8.73. The van der Waals surface area contributed by atoms with Gasteiger partial charge in [0.1, 0.15) is 0 Å². The number of amides is 1. The number of likely N-dealkylation sites (N-methyl/N-ethyl adjacent to an activating group) is 1. The number of morpholine rings is 1. The van der Waals surface area contributed by atoms with Gasteiger partial charge in [-0.3, -0.25) is 14.5 Å². The molecular formula is C14H26N2O4. The molecule has 0 radical (unpaired) electrons. The van der Waals surface area contributed by atoms with Gasteiger partial charge in [-0.05, 0) is 13.5 Å². The molecule has 0 spiro atoms. The first-order valence-corrected chi connectivity index (χ1v) is 7.32. The Morgan fingerprint density at radius 1 is 1.40 bits per heavy atom. The minimum absolute atomic E-state index is 0.00962. The number of unbranched alkanes of at least 4 members (excludes halogenated alkanes) is 2. The highest BCUT2D eigenvalue weighted by atomic mass is 16.5. The molecule has 6 heteroatoms. The van der Waals surface area contributed by atoms with Gasteiger partial charge < -0.3 is 14.7 Å². The molecule has 1 aliphatic heterocycles. The highest BCUT2D eigenvalue weighted by Crippen LogP contribution is 2.10. The minimum Gasteiger partial charge on any atom is -0.480 e. The maximum Gasteiger partial charge on any atom is 0.317 e. The lowest BCUT2D eigenvalue weighted by molar-refractivity contribution is -0.142. The van der Waals surface area contributed by atoms with Crippen molar-refractivity contribution in [3.8, 4) is 0 Å². The van der Waals surface area contributed by atoms with Crippen LogP contribution < -0.4 is 0 Å². The molecular weight excluding hydrogens is 260 g/mol. The second-order valence-corrected chi connectivity index (χ2v) is 5.38. The van der Waals surface area contributed by atoms with Crippen LogP contribution in [0, 0.1) is 0 Å². The number of carboxylic acids is 1. The summed E-state index contributed by atoms with van der Waals surface area (Å²) in [6.07, 6.45) is 3.64. The number of carbonyl (C=O) groups is 2. The van der Waals surface area contributed by atoms with Gasteiger partial charge in [0.15, 0.2) is 0 Å². The summed E-state index contributed by atoms with van der Waals surface area (Å²) in [5.74, 6) is -0.663. The highest BCUT2D eigenvalue weighted by Gasteiger charge is 2.25. The van der Waals surface area contributed by atoms with E-state index in [-0.39, 0.29) is 18.6 Å². The standard InChI is InChI=1S/C14H26N2O4/c1-3-4-5-6-13(17)16-7-8-20-12(10-16)9-15(2)11-14(18)19/h12H,3-11H2,1-2H3,(H,18,19)/t12-/m1/s1. The highest BCUT2D eigenvalue weighted by molar-refractivity contribution is 5.76. The van der Waals surface area contributed by atoms with Crippen LogP contribution in [0.2, 0.25) is 0 Å². The Hall–Kier alpha value is -1.14. The molecule has 1 rings (SSSR count). The van der Waals surface area contributed by atoms with Crippen molar-refractivity contribution < 1.29 is 19.4 Å². The number of hydrogen-bond acceptors (Lipinski definition) is 4. The number of nitrogens with zero attached hydrogens (tertiary/aromatic N) is 2. The lowest BCUT2D eigenvalue weighted by atomic mass is 10.1. The average molecular weight is 286 g/mol. The molecule has 1 heterocycles. The van der Waals surface area contributed by atoms with E-state index in [0.717, 1.165) is 19.3 Å². The molecule has 20 heavy (non-hydrogen) atoms. The molecule has 0 aliphatic carbocycles. The molecule has 0 saturated carbocycles. The summed E-state index contributed by atoms with van der Waals surface area (Å²) in [6, 6.07) is 0. The van der Waals surface area contributed by atoms with Crippen molar-refractivity contribution in [1.29, 1.82) is 0 Å². The Morgan fingerprint density at radius 2 is 2.15 bits per heavy atom. The number of carboxylic acid groups (broad SMARTS) is 1. The number of hydrogen-bond donors (Lipinski definition) is 1. The van der Waals surface area contributed by atoms with E-state index in [2.05, 4.69) is 6.92 Å². The SMILES string of the molecule is CCCCCC(=O)N1CCO[C@H](CN(C)CC(=O)O)C1. The van der Waals surface area contributed by atoms with Crippen LogP contribution in [-0.4, -0.2) is 72.7 Å². The summed E-state index contributed by atoms with van der Waals surface area (Å²) < 4.78 is 5.61. The fourth-order valence-corrected chi connectivity index (χ4v) is 2.38. The van der Waals surface area contributed by atoms with E-state index in [4.69, 9.17) is 9.84 Å². The fraction of sp³-hybridized carbons (Fsp3) is 0.857. The molecule has 1 aliphatic rings. The molecule has 0 unspecified atom stereocenters. The Bertz CT molecular complexity index is 322. The van der Waals surface area contributed by atoms with Crippen molar-refractivity contribution in [2.45, 2.75) is 38.7 Å². The minimum atomic E-state index is -0.851. The number of rotatable bonds is 8. The van der Waals surface area contributed by atoms with Gasteiger partial charge in [-0.1, -0.05) is 19.8 Å². The molecule has 0 aromatic heterocycles. The molecule has 116 valence electrons. The van der Waals surface area contributed by atoms with E-state index >= 15 is 0 Å². The second kappa shape index (κ2) is 8.92. The largest absolute Gasteiger partial charge is 0.480 e. The lowest BCUT2D eigenvalue weighted by Gasteiger charge is -2.34. The van der Waals surface area contributed by atoms with Gasteiger partial charge in [0, 0.05) is 26.1 Å². The van der Waals surface area contributed by atoms with Gasteiger partial charge in [-0.25, -0.2) is 0 Å². The van der Waals surface area contributed by atoms with Crippen LogP contribution in [0.1, 0.15) is 32.6 Å². The summed E-state index contributed by atoms with van der Waals surface area (Å²) in [6.45, 7) is 4.38. The summed E-state index contributed by atoms with van der Waals surface area (Å²) in [4.78, 5) is 26.2. The van der Waals surface area contributed by atoms with Crippen LogP contribution in [0.5, 0.6) is 0 Å². The number of ether oxygens (including phenoxy) is 1. The van der Waals surface area contributed by atoms with Crippen LogP contribution >= 0.6 is 0 Å². The third kappa shape index (κ3) is 6.34. The topological polar surface area (TPSA) is 70.1 Å². The van der Waals surface area contributed by atoms with E-state index in [1.54, 1.807) is 11.9 Å². The molecule has 1 atom stereocenters. The average Bonchev–Trinajstić information content (AvgIpc) is 2.38. The number of aliphatic carboxylic acids is 1. The van der Waals surface area contributed by atoms with E-state index in [1.807, 2.05) is 4.90 Å². The third-order valence-corrected chi connectivity index (χ3v) is 3.41. The van der Waals surface area contributed by atoms with Crippen molar-refractivity contribution in [2.75, 3.05) is 39.8 Å². The lowest BCUT2D eigenvalue weighted by Crippen LogP contribution is -2.49. The zero-order valence-corrected chi connectivity index (χ0v) is 12.5. The van der Waals surface area contributed by atoms with Gasteiger partial charge in [0.05, 0.1) is 19.3 Å². The first-order chi connectivity index (χ1) is 9.52. The van der Waals surface area contributed by atoms with Crippen molar-refractivity contribution in [2.24, 2.45) is 0 Å². The normalized spacial score (nSPS) is 19.4. The fourth-order valence-electron chi connectivity index (χ4n) is 2.38. The monoisotopic (exact) mass is 286 g/mol. The van der Waals surface area contributed by atoms with Crippen LogP contribution in [0.25, 0.3) is 0 Å². The van der Waals surface area contributed by atoms with Crippen molar-refractivity contribution in [3.05, 3.63) is 0 Å². The van der Waals surface area contributed by atoms with Crippen LogP contribution in [-0.2, 0) is 14.3 Å². The van der Waals surface area contributed by atoms with E-state index in [1.165, 1.54) is 0 Å². The van der Waals surface area contributed by atoms with Crippen LogP contribution in [0.4, 0.5) is 0 Å². The maximum atomic E-state index is 12.0. The van der Waals surface area contributed by atoms with E-state index in [0.29, 0.717) is 32.7 Å². The van der Waals surface area contributed by atoms with E-state index < -0.39 is 5.97 Å². The predicted octanol–water partition coefficient (Wildman–Crippen LogP) is 0.811. The summed E-state index contributed by atoms with van der Waals surface area (Å²) in [7, 11) is 1.75. The number of carbonyl (C=O) groups excluding carboxylic acids is 1.